The van der Waals surface area contributed by atoms with E-state index in [9.17, 15) is 23.2 Å². The second kappa shape index (κ2) is 9.94. The molecule has 0 saturated carbocycles. The smallest absolute Gasteiger partial charge is 0.336 e. The van der Waals surface area contributed by atoms with Gasteiger partial charge < -0.3 is 9.47 Å². The number of carbonyl (C=O) groups is 3. The quantitative estimate of drug-likeness (QED) is 0.387. The molecule has 1 N–H and O–H groups in total. The molecular weight excluding hydrogens is 482 g/mol. The molecule has 1 aliphatic rings. The number of rotatable bonds is 6. The van der Waals surface area contributed by atoms with Gasteiger partial charge in [-0.2, -0.15) is 0 Å². The van der Waals surface area contributed by atoms with Crippen molar-refractivity contribution in [1.29, 1.82) is 0 Å². The van der Waals surface area contributed by atoms with E-state index in [0.29, 0.717) is 16.0 Å². The van der Waals surface area contributed by atoms with Gasteiger partial charge in [0, 0.05) is 0 Å². The Bertz CT molecular complexity index is 1360. The number of nitrogens with one attached hydrogen (secondary N) is 1. The molecule has 10 heteroatoms. The molecule has 35 heavy (non-hydrogen) atoms. The van der Waals surface area contributed by atoms with Gasteiger partial charge in [0.2, 0.25) is 0 Å². The molecule has 0 unspecified atom stereocenters. The SMILES string of the molecule is COc1cc(/C=C2/C(=O)NC(=O)N(c3ccccc3F)C2=O)cc(Cl)c1OCc1ccc(F)cc1. The lowest BCUT2D eigenvalue weighted by atomic mass is 10.1. The summed E-state index contributed by atoms with van der Waals surface area (Å²) >= 11 is 6.37. The maximum absolute atomic E-state index is 14.2. The van der Waals surface area contributed by atoms with Crippen molar-refractivity contribution in [1.82, 2.24) is 5.32 Å². The van der Waals surface area contributed by atoms with E-state index in [1.165, 1.54) is 55.7 Å². The number of ether oxygens (including phenoxy) is 2. The first-order valence-electron chi connectivity index (χ1n) is 10.2. The number of carbonyl (C=O) groups excluding carboxylic acids is 3. The molecule has 4 rings (SSSR count). The molecule has 7 nitrogen and oxygen atoms in total. The summed E-state index contributed by atoms with van der Waals surface area (Å²) in [5.41, 5.74) is 0.278. The second-order valence-corrected chi connectivity index (χ2v) is 7.77. The number of hydrogen-bond donors (Lipinski definition) is 1. The fraction of sp³-hybridized carbons (Fsp3) is 0.0800. The van der Waals surface area contributed by atoms with Crippen molar-refractivity contribution in [3.63, 3.8) is 0 Å². The summed E-state index contributed by atoms with van der Waals surface area (Å²) in [7, 11) is 1.38. The van der Waals surface area contributed by atoms with Gasteiger partial charge in [-0.05, 0) is 53.6 Å². The number of hydrogen-bond acceptors (Lipinski definition) is 5. The third kappa shape index (κ3) is 4.99. The average molecular weight is 499 g/mol. The molecule has 0 atom stereocenters. The van der Waals surface area contributed by atoms with Crippen LogP contribution in [0.5, 0.6) is 11.5 Å². The topological polar surface area (TPSA) is 84.9 Å². The van der Waals surface area contributed by atoms with E-state index in [2.05, 4.69) is 0 Å². The minimum atomic E-state index is -1.07. The van der Waals surface area contributed by atoms with Crippen LogP contribution in [0.3, 0.4) is 0 Å². The molecule has 1 aliphatic heterocycles. The van der Waals surface area contributed by atoms with Gasteiger partial charge in [0.25, 0.3) is 11.8 Å². The molecule has 0 spiro atoms. The van der Waals surface area contributed by atoms with Gasteiger partial charge in [-0.15, -0.1) is 0 Å². The van der Waals surface area contributed by atoms with Crippen molar-refractivity contribution in [2.24, 2.45) is 0 Å². The summed E-state index contributed by atoms with van der Waals surface area (Å²) in [5, 5.41) is 2.14. The number of para-hydroxylation sites is 1. The number of halogens is 3. The van der Waals surface area contributed by atoms with Gasteiger partial charge in [-0.25, -0.2) is 18.5 Å². The summed E-state index contributed by atoms with van der Waals surface area (Å²) in [5.74, 6) is -2.73. The standard InChI is InChI=1S/C25H17ClF2N2O5/c1-34-21-12-15(11-18(26)22(21)35-13-14-6-8-16(27)9-7-14)10-17-23(31)29-25(33)30(24(17)32)20-5-3-2-4-19(20)28/h2-12H,13H2,1H3,(H,29,31,33)/b17-10-. The first kappa shape index (κ1) is 23.9. The molecule has 1 heterocycles. The van der Waals surface area contributed by atoms with Crippen LogP contribution in [0.4, 0.5) is 19.3 Å². The minimum Gasteiger partial charge on any atom is -0.493 e. The first-order valence-corrected chi connectivity index (χ1v) is 10.6. The summed E-state index contributed by atoms with van der Waals surface area (Å²) in [6, 6.07) is 12.7. The van der Waals surface area contributed by atoms with Crippen molar-refractivity contribution in [2.75, 3.05) is 12.0 Å². The maximum atomic E-state index is 14.2. The van der Waals surface area contributed by atoms with E-state index in [1.807, 2.05) is 5.32 Å². The monoisotopic (exact) mass is 498 g/mol. The number of amides is 4. The Balaban J connectivity index is 1.64. The summed E-state index contributed by atoms with van der Waals surface area (Å²) < 4.78 is 38.4. The van der Waals surface area contributed by atoms with Crippen LogP contribution in [0.25, 0.3) is 6.08 Å². The highest BCUT2D eigenvalue weighted by Crippen LogP contribution is 2.38. The molecule has 1 saturated heterocycles. The minimum absolute atomic E-state index is 0.0808. The zero-order chi connectivity index (χ0) is 25.1. The highest BCUT2D eigenvalue weighted by Gasteiger charge is 2.38. The predicted molar refractivity (Wildman–Crippen MR) is 124 cm³/mol. The fourth-order valence-corrected chi connectivity index (χ4v) is 3.65. The summed E-state index contributed by atoms with van der Waals surface area (Å²) in [6.07, 6.45) is 1.20. The van der Waals surface area contributed by atoms with Crippen molar-refractivity contribution in [3.05, 3.63) is 94.0 Å². The molecule has 1 fully saturated rings. The van der Waals surface area contributed by atoms with Gasteiger partial charge in [0.1, 0.15) is 23.8 Å². The lowest BCUT2D eigenvalue weighted by Crippen LogP contribution is -2.54. The zero-order valence-electron chi connectivity index (χ0n) is 18.2. The lowest BCUT2D eigenvalue weighted by Gasteiger charge is -2.26. The lowest BCUT2D eigenvalue weighted by molar-refractivity contribution is -0.122. The van der Waals surface area contributed by atoms with Crippen LogP contribution in [-0.4, -0.2) is 25.0 Å². The Kier molecular flexibility index (Phi) is 6.79. The van der Waals surface area contributed by atoms with Crippen molar-refractivity contribution < 1.29 is 32.6 Å². The Labute approximate surface area is 203 Å². The number of imide groups is 2. The predicted octanol–water partition coefficient (Wildman–Crippen LogP) is 4.87. The van der Waals surface area contributed by atoms with Gasteiger partial charge in [-0.3, -0.25) is 14.9 Å². The normalized spacial score (nSPS) is 14.8. The third-order valence-corrected chi connectivity index (χ3v) is 5.33. The largest absolute Gasteiger partial charge is 0.493 e. The molecule has 3 aromatic carbocycles. The van der Waals surface area contributed by atoms with Gasteiger partial charge in [0.05, 0.1) is 17.8 Å². The van der Waals surface area contributed by atoms with E-state index >= 15 is 0 Å². The number of urea groups is 1. The van der Waals surface area contributed by atoms with E-state index in [-0.39, 0.29) is 34.6 Å². The third-order valence-electron chi connectivity index (χ3n) is 5.05. The Morgan fingerprint density at radius 2 is 1.74 bits per heavy atom. The molecule has 0 radical (unpaired) electrons. The average Bonchev–Trinajstić information content (AvgIpc) is 2.83. The fourth-order valence-electron chi connectivity index (χ4n) is 3.38. The van der Waals surface area contributed by atoms with Gasteiger partial charge in [-0.1, -0.05) is 35.9 Å². The van der Waals surface area contributed by atoms with Crippen LogP contribution in [0.15, 0.2) is 66.2 Å². The van der Waals surface area contributed by atoms with Crippen LogP contribution >= 0.6 is 11.6 Å². The highest BCUT2D eigenvalue weighted by molar-refractivity contribution is 6.39. The van der Waals surface area contributed by atoms with Crippen LogP contribution in [-0.2, 0) is 16.2 Å². The number of anilines is 1. The first-order chi connectivity index (χ1) is 16.8. The van der Waals surface area contributed by atoms with Crippen LogP contribution in [0, 0.1) is 11.6 Å². The van der Waals surface area contributed by atoms with Crippen LogP contribution < -0.4 is 19.7 Å². The summed E-state index contributed by atoms with van der Waals surface area (Å²) in [6.45, 7) is 0.0808. The molecule has 3 aromatic rings. The van der Waals surface area contributed by atoms with E-state index in [4.69, 9.17) is 21.1 Å². The Morgan fingerprint density at radius 3 is 2.43 bits per heavy atom. The second-order valence-electron chi connectivity index (χ2n) is 7.36. The van der Waals surface area contributed by atoms with Crippen LogP contribution in [0.2, 0.25) is 5.02 Å². The Hall–Kier alpha value is -4.24. The number of nitrogens with zero attached hydrogens (tertiary/aromatic N) is 1. The molecular formula is C25H17ClF2N2O5. The Morgan fingerprint density at radius 1 is 1.03 bits per heavy atom. The zero-order valence-corrected chi connectivity index (χ0v) is 18.9. The molecule has 0 aromatic heterocycles. The van der Waals surface area contributed by atoms with Crippen molar-refractivity contribution in [3.8, 4) is 11.5 Å². The van der Waals surface area contributed by atoms with Crippen LogP contribution in [0.1, 0.15) is 11.1 Å². The van der Waals surface area contributed by atoms with Crippen molar-refractivity contribution >= 4 is 41.2 Å². The van der Waals surface area contributed by atoms with Crippen molar-refractivity contribution in [2.45, 2.75) is 6.61 Å². The van der Waals surface area contributed by atoms with E-state index in [1.54, 1.807) is 12.1 Å². The number of methoxy groups -OCH3 is 1. The molecule has 0 bridgehead atoms. The molecule has 0 aliphatic carbocycles. The van der Waals surface area contributed by atoms with Gasteiger partial charge in [0.15, 0.2) is 11.5 Å². The molecule has 178 valence electrons. The maximum Gasteiger partial charge on any atom is 0.336 e. The highest BCUT2D eigenvalue weighted by atomic mass is 35.5. The number of benzene rings is 3. The molecule has 4 amide bonds. The van der Waals surface area contributed by atoms with E-state index < -0.39 is 29.2 Å². The summed E-state index contributed by atoms with van der Waals surface area (Å²) in [4.78, 5) is 38.2. The number of barbiturate groups is 1. The van der Waals surface area contributed by atoms with E-state index in [0.717, 1.165) is 6.07 Å². The van der Waals surface area contributed by atoms with Gasteiger partial charge >= 0.3 is 6.03 Å².